The molecule has 0 aliphatic carbocycles. The molecule has 2 aromatic rings. The Bertz CT molecular complexity index is 1030. The van der Waals surface area contributed by atoms with Gasteiger partial charge in [0.25, 0.3) is 0 Å². The molecule has 2 heterocycles. The third-order valence-electron chi connectivity index (χ3n) is 4.66. The highest BCUT2D eigenvalue weighted by molar-refractivity contribution is 5.98. The topological polar surface area (TPSA) is 109 Å². The number of hydrogen-bond donors (Lipinski definition) is 1. The predicted octanol–water partition coefficient (Wildman–Crippen LogP) is 0.843. The number of benzene rings is 1. The minimum Gasteiger partial charge on any atom is -0.487 e. The normalized spacial score (nSPS) is 15.0. The fourth-order valence-corrected chi connectivity index (χ4v) is 3.17. The van der Waals surface area contributed by atoms with Crippen LogP contribution < -0.4 is 15.1 Å². The zero-order valence-corrected chi connectivity index (χ0v) is 15.2. The highest BCUT2D eigenvalue weighted by Gasteiger charge is 2.30. The molecule has 1 aliphatic heterocycles. The fourth-order valence-electron chi connectivity index (χ4n) is 3.17. The van der Waals surface area contributed by atoms with Crippen LogP contribution >= 0.6 is 0 Å². The molecule has 0 saturated heterocycles. The standard InChI is InChI=1S/C18H18FN3O6/c1-10-7-28-17-14-11(16(25)12(18(26)27)6-22(10)14)5-13(19)15(17)21(9-24)4-3-20(2)8-23/h5-6,8-10H,3-4,7H2,1-2H3,(H,26,27). The number of anilines is 1. The summed E-state index contributed by atoms with van der Waals surface area (Å²) in [6.07, 6.45) is 2.19. The molecule has 3 rings (SSSR count). The van der Waals surface area contributed by atoms with E-state index in [0.717, 1.165) is 11.0 Å². The van der Waals surface area contributed by atoms with Gasteiger partial charge in [0, 0.05) is 26.3 Å². The van der Waals surface area contributed by atoms with Crippen molar-refractivity contribution in [2.24, 2.45) is 0 Å². The third-order valence-corrected chi connectivity index (χ3v) is 4.66. The molecule has 1 aromatic carbocycles. The van der Waals surface area contributed by atoms with Crippen molar-refractivity contribution in [3.8, 4) is 5.75 Å². The highest BCUT2D eigenvalue weighted by atomic mass is 19.1. The van der Waals surface area contributed by atoms with E-state index in [1.54, 1.807) is 11.5 Å². The predicted molar refractivity (Wildman–Crippen MR) is 97.4 cm³/mol. The number of carbonyl (C=O) groups excluding carboxylic acids is 2. The number of carbonyl (C=O) groups is 3. The summed E-state index contributed by atoms with van der Waals surface area (Å²) >= 11 is 0. The van der Waals surface area contributed by atoms with Gasteiger partial charge in [-0.3, -0.25) is 14.4 Å². The second-order valence-corrected chi connectivity index (χ2v) is 6.56. The molecule has 0 spiro atoms. The number of carboxylic acids is 1. The van der Waals surface area contributed by atoms with Crippen molar-refractivity contribution < 1.29 is 28.6 Å². The van der Waals surface area contributed by atoms with Crippen molar-refractivity contribution in [1.29, 1.82) is 0 Å². The lowest BCUT2D eigenvalue weighted by molar-refractivity contribution is -0.117. The van der Waals surface area contributed by atoms with Gasteiger partial charge in [-0.25, -0.2) is 9.18 Å². The lowest BCUT2D eigenvalue weighted by atomic mass is 10.1. The van der Waals surface area contributed by atoms with Gasteiger partial charge in [0.15, 0.2) is 11.6 Å². The van der Waals surface area contributed by atoms with E-state index in [1.165, 1.54) is 18.1 Å². The SMILES string of the molecule is CC1COc2c(N(C=O)CCN(C)C=O)c(F)cc3c(=O)c(C(=O)O)cn1c23. The Balaban J connectivity index is 2.27. The van der Waals surface area contributed by atoms with Crippen LogP contribution in [0.3, 0.4) is 0 Å². The Hall–Kier alpha value is -3.43. The molecule has 1 aromatic heterocycles. The van der Waals surface area contributed by atoms with Gasteiger partial charge in [0.05, 0.1) is 16.9 Å². The summed E-state index contributed by atoms with van der Waals surface area (Å²) in [5, 5.41) is 9.15. The van der Waals surface area contributed by atoms with Crippen LogP contribution in [-0.2, 0) is 9.59 Å². The minimum atomic E-state index is -1.41. The number of ether oxygens (including phenoxy) is 1. The van der Waals surface area contributed by atoms with Crippen LogP contribution in [0.5, 0.6) is 5.75 Å². The molecule has 1 aliphatic rings. The zero-order chi connectivity index (χ0) is 20.6. The summed E-state index contributed by atoms with van der Waals surface area (Å²) in [5.74, 6) is -2.32. The summed E-state index contributed by atoms with van der Waals surface area (Å²) in [7, 11) is 1.51. The second-order valence-electron chi connectivity index (χ2n) is 6.56. The molecule has 1 atom stereocenters. The average molecular weight is 391 g/mol. The maximum absolute atomic E-state index is 14.9. The Labute approximate surface area is 158 Å². The molecule has 9 nitrogen and oxygen atoms in total. The lowest BCUT2D eigenvalue weighted by Crippen LogP contribution is -2.34. The lowest BCUT2D eigenvalue weighted by Gasteiger charge is -2.31. The van der Waals surface area contributed by atoms with Gasteiger partial charge in [-0.1, -0.05) is 0 Å². The van der Waals surface area contributed by atoms with Crippen LogP contribution in [0.15, 0.2) is 17.1 Å². The van der Waals surface area contributed by atoms with Crippen molar-refractivity contribution in [1.82, 2.24) is 9.47 Å². The maximum Gasteiger partial charge on any atom is 0.341 e. The van der Waals surface area contributed by atoms with Crippen LogP contribution in [0.25, 0.3) is 10.9 Å². The smallest absolute Gasteiger partial charge is 0.341 e. The highest BCUT2D eigenvalue weighted by Crippen LogP contribution is 2.41. The van der Waals surface area contributed by atoms with E-state index in [2.05, 4.69) is 0 Å². The Morgan fingerprint density at radius 1 is 1.39 bits per heavy atom. The van der Waals surface area contributed by atoms with E-state index >= 15 is 0 Å². The zero-order valence-electron chi connectivity index (χ0n) is 15.2. The molecule has 0 fully saturated rings. The van der Waals surface area contributed by atoms with Crippen molar-refractivity contribution in [2.45, 2.75) is 13.0 Å². The number of rotatable bonds is 7. The van der Waals surface area contributed by atoms with Crippen molar-refractivity contribution in [3.05, 3.63) is 33.9 Å². The molecule has 0 radical (unpaired) electrons. The van der Waals surface area contributed by atoms with Gasteiger partial charge >= 0.3 is 5.97 Å². The summed E-state index contributed by atoms with van der Waals surface area (Å²) in [6, 6.07) is 0.610. The molecular formula is C18H18FN3O6. The van der Waals surface area contributed by atoms with Crippen LogP contribution in [0.1, 0.15) is 23.3 Å². The number of nitrogens with zero attached hydrogens (tertiary/aromatic N) is 3. The summed E-state index contributed by atoms with van der Waals surface area (Å²) < 4.78 is 22.1. The molecule has 10 heteroatoms. The number of aromatic carboxylic acids is 1. The number of carboxylic acid groups (broad SMARTS) is 1. The summed E-state index contributed by atoms with van der Waals surface area (Å²) in [6.45, 7) is 2.02. The Morgan fingerprint density at radius 3 is 2.71 bits per heavy atom. The first kappa shape index (κ1) is 19.3. The number of halogens is 1. The van der Waals surface area contributed by atoms with E-state index in [1.807, 2.05) is 0 Å². The van der Waals surface area contributed by atoms with E-state index in [-0.39, 0.29) is 48.1 Å². The molecule has 2 amide bonds. The fraction of sp³-hybridized carbons (Fsp3) is 0.333. The van der Waals surface area contributed by atoms with Gasteiger partial charge in [-0.2, -0.15) is 0 Å². The van der Waals surface area contributed by atoms with Crippen LogP contribution in [0.2, 0.25) is 0 Å². The molecule has 1 N–H and O–H groups in total. The third kappa shape index (κ3) is 3.06. The second kappa shape index (κ2) is 7.29. The van der Waals surface area contributed by atoms with Gasteiger partial charge in [-0.15, -0.1) is 0 Å². The molecule has 0 saturated carbocycles. The van der Waals surface area contributed by atoms with Crippen LogP contribution in [0.4, 0.5) is 10.1 Å². The van der Waals surface area contributed by atoms with Gasteiger partial charge < -0.3 is 24.2 Å². The van der Waals surface area contributed by atoms with Crippen molar-refractivity contribution in [2.75, 3.05) is 31.6 Å². The van der Waals surface area contributed by atoms with Crippen molar-refractivity contribution in [3.63, 3.8) is 0 Å². The van der Waals surface area contributed by atoms with Gasteiger partial charge in [0.2, 0.25) is 18.2 Å². The van der Waals surface area contributed by atoms with E-state index in [9.17, 15) is 28.7 Å². The number of likely N-dealkylation sites (N-methyl/N-ethyl adjacent to an activating group) is 1. The van der Waals surface area contributed by atoms with E-state index in [0.29, 0.717) is 12.8 Å². The quantitative estimate of drug-likeness (QED) is 0.701. The number of hydrogen-bond acceptors (Lipinski definition) is 5. The van der Waals surface area contributed by atoms with Gasteiger partial charge in [-0.05, 0) is 13.0 Å². The number of aromatic nitrogens is 1. The average Bonchev–Trinajstić information content (AvgIpc) is 2.67. The maximum atomic E-state index is 14.9. The molecule has 148 valence electrons. The summed E-state index contributed by atoms with van der Waals surface area (Å²) in [5.41, 5.74) is -1.24. The number of amides is 2. The van der Waals surface area contributed by atoms with Crippen LogP contribution in [0, 0.1) is 5.82 Å². The monoisotopic (exact) mass is 391 g/mol. The first-order valence-corrected chi connectivity index (χ1v) is 8.45. The first-order valence-electron chi connectivity index (χ1n) is 8.45. The molecule has 1 unspecified atom stereocenters. The Kier molecular flexibility index (Phi) is 5.04. The van der Waals surface area contributed by atoms with E-state index < -0.39 is 22.8 Å². The Morgan fingerprint density at radius 2 is 2.11 bits per heavy atom. The molecule has 0 bridgehead atoms. The largest absolute Gasteiger partial charge is 0.487 e. The molecule has 28 heavy (non-hydrogen) atoms. The van der Waals surface area contributed by atoms with Crippen LogP contribution in [-0.4, -0.2) is 60.1 Å². The number of pyridine rings is 1. The van der Waals surface area contributed by atoms with Crippen molar-refractivity contribution >= 4 is 35.4 Å². The minimum absolute atomic E-state index is 0.00449. The first-order chi connectivity index (χ1) is 13.3. The van der Waals surface area contributed by atoms with Gasteiger partial charge in [0.1, 0.15) is 17.9 Å². The molecular weight excluding hydrogens is 373 g/mol. The van der Waals surface area contributed by atoms with E-state index in [4.69, 9.17) is 4.74 Å². The summed E-state index contributed by atoms with van der Waals surface area (Å²) in [4.78, 5) is 48.6.